The predicted octanol–water partition coefficient (Wildman–Crippen LogP) is 3.53. The van der Waals surface area contributed by atoms with E-state index in [1.165, 1.54) is 0 Å². The van der Waals surface area contributed by atoms with Crippen LogP contribution in [0.15, 0.2) is 60.9 Å². The minimum atomic E-state index is -0.723. The highest BCUT2D eigenvalue weighted by Gasteiger charge is 2.47. The fourth-order valence-corrected chi connectivity index (χ4v) is 3.80. The molecular weight excluding hydrogens is 326 g/mol. The minimum absolute atomic E-state index is 0.0154. The van der Waals surface area contributed by atoms with Gasteiger partial charge in [-0.1, -0.05) is 30.3 Å². The number of hydrogen-bond acceptors (Lipinski definition) is 3. The molecule has 0 aliphatic carbocycles. The number of anilines is 1. The van der Waals surface area contributed by atoms with Crippen molar-refractivity contribution in [2.45, 2.75) is 25.3 Å². The summed E-state index contributed by atoms with van der Waals surface area (Å²) >= 11 is 0. The quantitative estimate of drug-likeness (QED) is 0.768. The molecule has 4 rings (SSSR count). The van der Waals surface area contributed by atoms with Crippen LogP contribution in [0, 0.1) is 6.92 Å². The average Bonchev–Trinajstić information content (AvgIpc) is 3.21. The van der Waals surface area contributed by atoms with E-state index in [1.807, 2.05) is 61.7 Å². The molecule has 0 bridgehead atoms. The number of ether oxygens (including phenoxy) is 1. The summed E-state index contributed by atoms with van der Waals surface area (Å²) in [5.74, 6) is 1.74. The maximum absolute atomic E-state index is 13.2. The Morgan fingerprint density at radius 3 is 2.62 bits per heavy atom. The van der Waals surface area contributed by atoms with Crippen molar-refractivity contribution in [3.8, 4) is 5.75 Å². The molecule has 132 valence electrons. The first-order chi connectivity index (χ1) is 12.6. The van der Waals surface area contributed by atoms with Crippen LogP contribution in [0.1, 0.15) is 23.4 Å². The van der Waals surface area contributed by atoms with E-state index < -0.39 is 5.41 Å². The number of benzene rings is 2. The highest BCUT2D eigenvalue weighted by molar-refractivity contribution is 6.08. The van der Waals surface area contributed by atoms with Crippen LogP contribution >= 0.6 is 0 Å². The van der Waals surface area contributed by atoms with Crippen LogP contribution in [-0.2, 0) is 16.8 Å². The molecule has 1 aliphatic rings. The largest absolute Gasteiger partial charge is 0.497 e. The molecule has 2 heterocycles. The van der Waals surface area contributed by atoms with E-state index in [2.05, 4.69) is 14.9 Å². The van der Waals surface area contributed by atoms with Crippen LogP contribution in [-0.4, -0.2) is 22.6 Å². The lowest BCUT2D eigenvalue weighted by molar-refractivity contribution is -0.119. The van der Waals surface area contributed by atoms with Gasteiger partial charge in [0, 0.05) is 24.6 Å². The van der Waals surface area contributed by atoms with E-state index in [9.17, 15) is 4.79 Å². The zero-order valence-corrected chi connectivity index (χ0v) is 14.9. The predicted molar refractivity (Wildman–Crippen MR) is 100 cm³/mol. The average molecular weight is 347 g/mol. The number of amides is 1. The summed E-state index contributed by atoms with van der Waals surface area (Å²) in [6.45, 7) is 2.68. The minimum Gasteiger partial charge on any atom is -0.497 e. The number of nitrogens with zero attached hydrogens (tertiary/aromatic N) is 2. The number of fused-ring (bicyclic) bond motifs is 1. The smallest absolute Gasteiger partial charge is 0.239 e. The van der Waals surface area contributed by atoms with Crippen LogP contribution in [0.25, 0.3) is 0 Å². The lowest BCUT2D eigenvalue weighted by Gasteiger charge is -2.29. The zero-order valence-electron chi connectivity index (χ0n) is 14.9. The molecule has 1 unspecified atom stereocenters. The molecule has 1 aromatic heterocycles. The SMILES string of the molecule is COc1ccc(C2(CCn3ccnc3C)C(=O)Nc3ccccc32)cc1. The standard InChI is InChI=1S/C21H21N3O2/c1-15-22-12-14-24(15)13-11-21(16-7-9-17(26-2)10-8-16)18-5-3-4-6-19(18)23-20(21)25/h3-10,12,14H,11,13H2,1-2H3,(H,23,25). The Bertz CT molecular complexity index is 946. The number of imidazole rings is 1. The number of nitrogens with one attached hydrogen (secondary N) is 1. The summed E-state index contributed by atoms with van der Waals surface area (Å²) in [4.78, 5) is 17.5. The second-order valence-corrected chi connectivity index (χ2v) is 6.55. The molecule has 0 spiro atoms. The van der Waals surface area contributed by atoms with Crippen LogP contribution in [0.4, 0.5) is 5.69 Å². The highest BCUT2D eigenvalue weighted by atomic mass is 16.5. The number of para-hydroxylation sites is 1. The van der Waals surface area contributed by atoms with E-state index in [-0.39, 0.29) is 5.91 Å². The van der Waals surface area contributed by atoms with Crippen LogP contribution < -0.4 is 10.1 Å². The normalized spacial score (nSPS) is 18.5. The van der Waals surface area contributed by atoms with Crippen molar-refractivity contribution < 1.29 is 9.53 Å². The maximum Gasteiger partial charge on any atom is 0.239 e. The van der Waals surface area contributed by atoms with Gasteiger partial charge in [-0.3, -0.25) is 4.79 Å². The summed E-state index contributed by atoms with van der Waals surface area (Å²) in [6, 6.07) is 15.7. The van der Waals surface area contributed by atoms with Crippen molar-refractivity contribution in [2.24, 2.45) is 0 Å². The molecule has 5 nitrogen and oxygen atoms in total. The van der Waals surface area contributed by atoms with Gasteiger partial charge in [0.05, 0.1) is 7.11 Å². The van der Waals surface area contributed by atoms with Gasteiger partial charge in [-0.05, 0) is 42.7 Å². The second-order valence-electron chi connectivity index (χ2n) is 6.55. The zero-order chi connectivity index (χ0) is 18.1. The molecular formula is C21H21N3O2. The number of hydrogen-bond donors (Lipinski definition) is 1. The van der Waals surface area contributed by atoms with Crippen molar-refractivity contribution in [1.82, 2.24) is 9.55 Å². The van der Waals surface area contributed by atoms with Crippen LogP contribution in [0.2, 0.25) is 0 Å². The number of carbonyl (C=O) groups excluding carboxylic acids is 1. The van der Waals surface area contributed by atoms with Crippen LogP contribution in [0.3, 0.4) is 0 Å². The summed E-state index contributed by atoms with van der Waals surface area (Å²) in [5, 5.41) is 3.07. The van der Waals surface area contributed by atoms with Crippen molar-refractivity contribution in [3.63, 3.8) is 0 Å². The van der Waals surface area contributed by atoms with Crippen LogP contribution in [0.5, 0.6) is 5.75 Å². The Morgan fingerprint density at radius 1 is 1.15 bits per heavy atom. The molecule has 2 aromatic carbocycles. The first-order valence-corrected chi connectivity index (χ1v) is 8.68. The Morgan fingerprint density at radius 2 is 1.92 bits per heavy atom. The summed E-state index contributed by atoms with van der Waals surface area (Å²) in [7, 11) is 1.64. The van der Waals surface area contributed by atoms with Gasteiger partial charge in [0.2, 0.25) is 5.91 Å². The molecule has 26 heavy (non-hydrogen) atoms. The summed E-state index contributed by atoms with van der Waals surface area (Å²) < 4.78 is 7.37. The van der Waals surface area contributed by atoms with E-state index in [0.29, 0.717) is 13.0 Å². The van der Waals surface area contributed by atoms with Gasteiger partial charge in [0.25, 0.3) is 0 Å². The topological polar surface area (TPSA) is 56.2 Å². The molecule has 0 radical (unpaired) electrons. The molecule has 3 aromatic rings. The number of carbonyl (C=O) groups is 1. The van der Waals surface area contributed by atoms with E-state index in [4.69, 9.17) is 4.74 Å². The molecule has 1 amide bonds. The van der Waals surface area contributed by atoms with E-state index in [0.717, 1.165) is 28.4 Å². The van der Waals surface area contributed by atoms with Gasteiger partial charge in [0.1, 0.15) is 17.0 Å². The molecule has 0 saturated carbocycles. The van der Waals surface area contributed by atoms with Gasteiger partial charge < -0.3 is 14.6 Å². The first-order valence-electron chi connectivity index (χ1n) is 8.68. The Kier molecular flexibility index (Phi) is 3.99. The van der Waals surface area contributed by atoms with Gasteiger partial charge in [0.15, 0.2) is 0 Å². The molecule has 1 atom stereocenters. The first kappa shape index (κ1) is 16.4. The van der Waals surface area contributed by atoms with E-state index >= 15 is 0 Å². The molecule has 1 N–H and O–H groups in total. The molecule has 0 fully saturated rings. The van der Waals surface area contributed by atoms with Crippen molar-refractivity contribution in [2.75, 3.05) is 12.4 Å². The molecule has 1 aliphatic heterocycles. The monoisotopic (exact) mass is 347 g/mol. The summed E-state index contributed by atoms with van der Waals surface area (Å²) in [6.07, 6.45) is 4.40. The fraction of sp³-hybridized carbons (Fsp3) is 0.238. The number of methoxy groups -OCH3 is 1. The van der Waals surface area contributed by atoms with E-state index in [1.54, 1.807) is 13.3 Å². The number of aryl methyl sites for hydroxylation is 2. The Balaban J connectivity index is 1.81. The third-order valence-electron chi connectivity index (χ3n) is 5.26. The Labute approximate surface area is 152 Å². The van der Waals surface area contributed by atoms with Gasteiger partial charge >= 0.3 is 0 Å². The third kappa shape index (κ3) is 2.47. The second kappa shape index (κ2) is 6.33. The van der Waals surface area contributed by atoms with Crippen molar-refractivity contribution >= 4 is 11.6 Å². The third-order valence-corrected chi connectivity index (χ3v) is 5.26. The lowest BCUT2D eigenvalue weighted by atomic mass is 9.73. The number of rotatable bonds is 5. The molecule has 5 heteroatoms. The fourth-order valence-electron chi connectivity index (χ4n) is 3.80. The molecule has 0 saturated heterocycles. The van der Waals surface area contributed by atoms with Gasteiger partial charge in [-0.2, -0.15) is 0 Å². The summed E-state index contributed by atoms with van der Waals surface area (Å²) in [5.41, 5.74) is 2.15. The lowest BCUT2D eigenvalue weighted by Crippen LogP contribution is -2.37. The van der Waals surface area contributed by atoms with Crippen molar-refractivity contribution in [1.29, 1.82) is 0 Å². The number of aromatic nitrogens is 2. The highest BCUT2D eigenvalue weighted by Crippen LogP contribution is 2.45. The van der Waals surface area contributed by atoms with Gasteiger partial charge in [-0.15, -0.1) is 0 Å². The maximum atomic E-state index is 13.2. The van der Waals surface area contributed by atoms with Crippen molar-refractivity contribution in [3.05, 3.63) is 77.9 Å². The van der Waals surface area contributed by atoms with Gasteiger partial charge in [-0.25, -0.2) is 4.98 Å². The Hall–Kier alpha value is -3.08.